The van der Waals surface area contributed by atoms with Crippen molar-refractivity contribution >= 4 is 11.8 Å². The van der Waals surface area contributed by atoms with E-state index in [1.165, 1.54) is 0 Å². The SMILES string of the molecule is CC(C)(C)OC(=O)N1[C@H](Cc2ccc(NCC3CCc4cccc(=O)n43)cc2)CC[C@@H]1[C@H](O)c1ccccc1. The van der Waals surface area contributed by atoms with E-state index >= 15 is 0 Å². The fourth-order valence-electron chi connectivity index (χ4n) is 5.96. The molecule has 0 spiro atoms. The molecule has 7 nitrogen and oxygen atoms in total. The summed E-state index contributed by atoms with van der Waals surface area (Å²) in [5.41, 5.74) is 3.48. The van der Waals surface area contributed by atoms with Crippen LogP contribution in [0.4, 0.5) is 10.5 Å². The van der Waals surface area contributed by atoms with E-state index in [1.807, 2.05) is 67.8 Å². The molecule has 2 N–H and O–H groups in total. The summed E-state index contributed by atoms with van der Waals surface area (Å²) < 4.78 is 7.69. The fraction of sp³-hybridized carbons (Fsp3) is 0.438. The van der Waals surface area contributed by atoms with Crippen LogP contribution in [0.5, 0.6) is 0 Å². The number of carbonyl (C=O) groups excluding carboxylic acids is 1. The quantitative estimate of drug-likeness (QED) is 0.423. The number of pyridine rings is 1. The summed E-state index contributed by atoms with van der Waals surface area (Å²) in [4.78, 5) is 27.4. The highest BCUT2D eigenvalue weighted by molar-refractivity contribution is 5.69. The molecule has 3 aromatic rings. The number of hydrogen-bond acceptors (Lipinski definition) is 5. The van der Waals surface area contributed by atoms with Crippen molar-refractivity contribution in [3.05, 3.63) is 100.0 Å². The maximum atomic E-state index is 13.3. The van der Waals surface area contributed by atoms with Crippen molar-refractivity contribution in [2.75, 3.05) is 11.9 Å². The van der Waals surface area contributed by atoms with Gasteiger partial charge < -0.3 is 19.7 Å². The first-order valence-corrected chi connectivity index (χ1v) is 14.0. The number of benzene rings is 2. The molecule has 7 heteroatoms. The van der Waals surface area contributed by atoms with Crippen LogP contribution in [0.2, 0.25) is 0 Å². The van der Waals surface area contributed by atoms with Gasteiger partial charge in [0.05, 0.1) is 18.2 Å². The molecule has 206 valence electrons. The second-order valence-corrected chi connectivity index (χ2v) is 11.7. The number of aryl methyl sites for hydroxylation is 1. The molecule has 0 saturated carbocycles. The summed E-state index contributed by atoms with van der Waals surface area (Å²) in [6.07, 6.45) is 2.92. The zero-order valence-electron chi connectivity index (χ0n) is 23.0. The highest BCUT2D eigenvalue weighted by Crippen LogP contribution is 2.36. The first-order valence-electron chi connectivity index (χ1n) is 14.0. The number of ether oxygens (including phenoxy) is 1. The monoisotopic (exact) mass is 529 g/mol. The molecule has 4 atom stereocenters. The highest BCUT2D eigenvalue weighted by atomic mass is 16.6. The van der Waals surface area contributed by atoms with Crippen molar-refractivity contribution < 1.29 is 14.6 Å². The van der Waals surface area contributed by atoms with Crippen LogP contribution in [0.3, 0.4) is 0 Å². The van der Waals surface area contributed by atoms with Gasteiger partial charge in [0.25, 0.3) is 5.56 Å². The smallest absolute Gasteiger partial charge is 0.410 e. The Balaban J connectivity index is 1.26. The Morgan fingerprint density at radius 1 is 0.974 bits per heavy atom. The maximum Gasteiger partial charge on any atom is 0.410 e. The highest BCUT2D eigenvalue weighted by Gasteiger charge is 2.42. The van der Waals surface area contributed by atoms with Gasteiger partial charge in [-0.25, -0.2) is 4.79 Å². The molecule has 2 aliphatic heterocycles. The van der Waals surface area contributed by atoms with Crippen molar-refractivity contribution in [2.45, 2.75) is 82.7 Å². The Labute approximate surface area is 230 Å². The minimum absolute atomic E-state index is 0.0638. The van der Waals surface area contributed by atoms with Crippen molar-refractivity contribution in [2.24, 2.45) is 0 Å². The van der Waals surface area contributed by atoms with E-state index in [2.05, 4.69) is 29.6 Å². The van der Waals surface area contributed by atoms with E-state index < -0.39 is 11.7 Å². The summed E-state index contributed by atoms with van der Waals surface area (Å²) in [5, 5.41) is 14.7. The summed E-state index contributed by atoms with van der Waals surface area (Å²) in [6.45, 7) is 6.30. The first-order chi connectivity index (χ1) is 18.7. The maximum absolute atomic E-state index is 13.3. The number of amides is 1. The number of nitrogens with one attached hydrogen (secondary N) is 1. The van der Waals surface area contributed by atoms with Gasteiger partial charge in [0, 0.05) is 30.0 Å². The zero-order chi connectivity index (χ0) is 27.6. The molecule has 0 radical (unpaired) electrons. The number of rotatable bonds is 7. The number of nitrogens with zero attached hydrogens (tertiary/aromatic N) is 2. The van der Waals surface area contributed by atoms with E-state index in [1.54, 1.807) is 11.0 Å². The first kappa shape index (κ1) is 27.0. The minimum Gasteiger partial charge on any atom is -0.444 e. The van der Waals surface area contributed by atoms with Crippen LogP contribution in [0.25, 0.3) is 0 Å². The van der Waals surface area contributed by atoms with Gasteiger partial charge >= 0.3 is 6.09 Å². The van der Waals surface area contributed by atoms with Crippen molar-refractivity contribution in [3.63, 3.8) is 0 Å². The summed E-state index contributed by atoms with van der Waals surface area (Å²) in [6, 6.07) is 23.1. The molecule has 1 fully saturated rings. The molecule has 1 aromatic heterocycles. The lowest BCUT2D eigenvalue weighted by molar-refractivity contribution is -0.00453. The number of carbonyl (C=O) groups is 1. The van der Waals surface area contributed by atoms with Crippen LogP contribution < -0.4 is 10.9 Å². The predicted molar refractivity (Wildman–Crippen MR) is 153 cm³/mol. The summed E-state index contributed by atoms with van der Waals surface area (Å²) in [7, 11) is 0. The third kappa shape index (κ3) is 6.19. The number of likely N-dealkylation sites (tertiary alicyclic amines) is 1. The lowest BCUT2D eigenvalue weighted by Crippen LogP contribution is -2.47. The van der Waals surface area contributed by atoms with Crippen LogP contribution in [-0.2, 0) is 17.6 Å². The van der Waals surface area contributed by atoms with Crippen LogP contribution in [0.1, 0.15) is 69.0 Å². The molecule has 1 unspecified atom stereocenters. The average molecular weight is 530 g/mol. The normalized spacial score (nSPS) is 21.4. The van der Waals surface area contributed by atoms with E-state index in [0.29, 0.717) is 19.4 Å². The molecule has 1 saturated heterocycles. The minimum atomic E-state index is -0.775. The second-order valence-electron chi connectivity index (χ2n) is 11.7. The molecule has 2 aliphatic rings. The Kier molecular flexibility index (Phi) is 7.80. The van der Waals surface area contributed by atoms with Gasteiger partial charge in [0.1, 0.15) is 5.60 Å². The van der Waals surface area contributed by atoms with E-state index in [0.717, 1.165) is 41.8 Å². The molecule has 39 heavy (non-hydrogen) atoms. The number of fused-ring (bicyclic) bond motifs is 1. The molecule has 0 bridgehead atoms. The van der Waals surface area contributed by atoms with Gasteiger partial charge in [-0.05, 0) is 82.2 Å². The molecule has 0 aliphatic carbocycles. The number of aliphatic hydroxyl groups is 1. The van der Waals surface area contributed by atoms with E-state index in [-0.39, 0.29) is 29.8 Å². The number of aliphatic hydroxyl groups excluding tert-OH is 1. The Morgan fingerprint density at radius 3 is 2.44 bits per heavy atom. The van der Waals surface area contributed by atoms with Gasteiger partial charge in [-0.1, -0.05) is 48.5 Å². The number of hydrogen-bond donors (Lipinski definition) is 2. The van der Waals surface area contributed by atoms with Gasteiger partial charge in [0.2, 0.25) is 0 Å². The van der Waals surface area contributed by atoms with Crippen molar-refractivity contribution in [1.82, 2.24) is 9.47 Å². The van der Waals surface area contributed by atoms with E-state index in [4.69, 9.17) is 4.74 Å². The Bertz CT molecular complexity index is 1330. The van der Waals surface area contributed by atoms with Gasteiger partial charge in [0.15, 0.2) is 0 Å². The fourth-order valence-corrected chi connectivity index (χ4v) is 5.96. The average Bonchev–Trinajstić information content (AvgIpc) is 3.52. The zero-order valence-corrected chi connectivity index (χ0v) is 23.0. The number of aromatic nitrogens is 1. The molecule has 5 rings (SSSR count). The van der Waals surface area contributed by atoms with Crippen molar-refractivity contribution in [3.8, 4) is 0 Å². The van der Waals surface area contributed by atoms with Crippen molar-refractivity contribution in [1.29, 1.82) is 0 Å². The second kappa shape index (κ2) is 11.3. The van der Waals surface area contributed by atoms with Crippen LogP contribution in [0, 0.1) is 0 Å². The topological polar surface area (TPSA) is 83.8 Å². The standard InChI is InChI=1S/C32H39N3O4/c1-32(2,3)39-31(38)35-26(18-19-28(35)30(37)23-8-5-4-6-9-23)20-22-12-14-24(15-13-22)33-21-27-17-16-25-10-7-11-29(36)34(25)27/h4-15,26-28,30,33,37H,16-21H2,1-3H3/t26-,27?,28+,30+/m0/s1. The predicted octanol–water partition coefficient (Wildman–Crippen LogP) is 5.49. The number of anilines is 1. The Hall–Kier alpha value is -3.58. The third-order valence-electron chi connectivity index (χ3n) is 7.80. The third-order valence-corrected chi connectivity index (χ3v) is 7.80. The van der Waals surface area contributed by atoms with Crippen LogP contribution in [0.15, 0.2) is 77.6 Å². The molecular weight excluding hydrogens is 490 g/mol. The van der Waals surface area contributed by atoms with Gasteiger partial charge in [-0.2, -0.15) is 0 Å². The van der Waals surface area contributed by atoms with E-state index in [9.17, 15) is 14.7 Å². The lowest BCUT2D eigenvalue weighted by atomic mass is 10.0. The van der Waals surface area contributed by atoms with Gasteiger partial charge in [-0.15, -0.1) is 0 Å². The lowest BCUT2D eigenvalue weighted by Gasteiger charge is -2.35. The van der Waals surface area contributed by atoms with Crippen LogP contribution >= 0.6 is 0 Å². The molecular formula is C32H39N3O4. The largest absolute Gasteiger partial charge is 0.444 e. The summed E-state index contributed by atoms with van der Waals surface area (Å²) in [5.74, 6) is 0. The van der Waals surface area contributed by atoms with Crippen LogP contribution in [-0.4, -0.2) is 44.9 Å². The van der Waals surface area contributed by atoms with Gasteiger partial charge in [-0.3, -0.25) is 9.69 Å². The summed E-state index contributed by atoms with van der Waals surface area (Å²) >= 11 is 0. The Morgan fingerprint density at radius 2 is 1.72 bits per heavy atom. The molecule has 1 amide bonds. The molecule has 3 heterocycles. The molecule has 2 aromatic carbocycles.